The highest BCUT2D eigenvalue weighted by atomic mass is 16.3. The lowest BCUT2D eigenvalue weighted by molar-refractivity contribution is -0.117. The molecule has 0 aliphatic carbocycles. The number of hydrogen-bond donors (Lipinski definition) is 3. The molecule has 6 nitrogen and oxygen atoms in total. The molecule has 0 radical (unpaired) electrons. The Morgan fingerprint density at radius 2 is 2.05 bits per heavy atom. The molecule has 0 saturated heterocycles. The first-order valence-corrected chi connectivity index (χ1v) is 5.95. The SMILES string of the molecule is CC(CO)N(C)CC(=O)Nc1ccccc1C(N)=O. The van der Waals surface area contributed by atoms with Gasteiger partial charge >= 0.3 is 0 Å². The zero-order chi connectivity index (χ0) is 14.4. The second kappa shape index (κ2) is 6.86. The Kier molecular flexibility index (Phi) is 5.47. The third-order valence-electron chi connectivity index (χ3n) is 2.88. The second-order valence-electron chi connectivity index (χ2n) is 4.40. The molecule has 1 aromatic rings. The lowest BCUT2D eigenvalue weighted by Crippen LogP contribution is -2.38. The fraction of sp³-hybridized carbons (Fsp3) is 0.385. The van der Waals surface area contributed by atoms with Crippen molar-refractivity contribution in [3.63, 3.8) is 0 Å². The lowest BCUT2D eigenvalue weighted by atomic mass is 10.1. The highest BCUT2D eigenvalue weighted by Crippen LogP contribution is 2.14. The number of rotatable bonds is 6. The molecule has 19 heavy (non-hydrogen) atoms. The average Bonchev–Trinajstić information content (AvgIpc) is 2.37. The first-order chi connectivity index (χ1) is 8.95. The Labute approximate surface area is 112 Å². The fourth-order valence-electron chi connectivity index (χ4n) is 1.52. The van der Waals surface area contributed by atoms with Crippen molar-refractivity contribution in [2.45, 2.75) is 13.0 Å². The van der Waals surface area contributed by atoms with Crippen molar-refractivity contribution < 1.29 is 14.7 Å². The van der Waals surface area contributed by atoms with Gasteiger partial charge in [-0.1, -0.05) is 12.1 Å². The van der Waals surface area contributed by atoms with Crippen LogP contribution in [0.4, 0.5) is 5.69 Å². The molecule has 0 heterocycles. The first kappa shape index (κ1) is 15.1. The molecule has 0 bridgehead atoms. The summed E-state index contributed by atoms with van der Waals surface area (Å²) < 4.78 is 0. The topological polar surface area (TPSA) is 95.7 Å². The normalized spacial score (nSPS) is 12.2. The molecule has 1 aromatic carbocycles. The number of amides is 2. The van der Waals surface area contributed by atoms with Gasteiger partial charge in [-0.2, -0.15) is 0 Å². The van der Waals surface area contributed by atoms with Gasteiger partial charge in [0, 0.05) is 6.04 Å². The summed E-state index contributed by atoms with van der Waals surface area (Å²) in [5, 5.41) is 11.6. The molecule has 4 N–H and O–H groups in total. The Morgan fingerprint density at radius 1 is 1.42 bits per heavy atom. The summed E-state index contributed by atoms with van der Waals surface area (Å²) in [5.74, 6) is -0.857. The number of primary amides is 1. The number of carbonyl (C=O) groups excluding carboxylic acids is 2. The lowest BCUT2D eigenvalue weighted by Gasteiger charge is -2.22. The highest BCUT2D eigenvalue weighted by Gasteiger charge is 2.14. The van der Waals surface area contributed by atoms with Crippen molar-refractivity contribution >= 4 is 17.5 Å². The number of nitrogens with two attached hydrogens (primary N) is 1. The summed E-state index contributed by atoms with van der Waals surface area (Å²) >= 11 is 0. The van der Waals surface area contributed by atoms with E-state index < -0.39 is 5.91 Å². The number of nitrogens with one attached hydrogen (secondary N) is 1. The Hall–Kier alpha value is -1.92. The average molecular weight is 265 g/mol. The van der Waals surface area contributed by atoms with Gasteiger partial charge in [0.2, 0.25) is 5.91 Å². The van der Waals surface area contributed by atoms with Gasteiger partial charge in [0.25, 0.3) is 5.91 Å². The molecular formula is C13H19N3O3. The van der Waals surface area contributed by atoms with Crippen LogP contribution in [0, 0.1) is 0 Å². The van der Waals surface area contributed by atoms with Crippen LogP contribution < -0.4 is 11.1 Å². The Balaban J connectivity index is 2.70. The minimum absolute atomic E-state index is 0.0261. The van der Waals surface area contributed by atoms with Crippen molar-refractivity contribution in [3.8, 4) is 0 Å². The first-order valence-electron chi connectivity index (χ1n) is 5.95. The highest BCUT2D eigenvalue weighted by molar-refractivity contribution is 6.03. The molecular weight excluding hydrogens is 246 g/mol. The van der Waals surface area contributed by atoms with Crippen LogP contribution in [-0.4, -0.2) is 48.1 Å². The van der Waals surface area contributed by atoms with E-state index in [1.54, 1.807) is 36.2 Å². The summed E-state index contributed by atoms with van der Waals surface area (Å²) in [5.41, 5.74) is 5.89. The van der Waals surface area contributed by atoms with Gasteiger partial charge in [0.05, 0.1) is 24.4 Å². The largest absolute Gasteiger partial charge is 0.395 e. The van der Waals surface area contributed by atoms with Crippen molar-refractivity contribution in [1.82, 2.24) is 4.90 Å². The molecule has 0 aliphatic rings. The minimum Gasteiger partial charge on any atom is -0.395 e. The monoisotopic (exact) mass is 265 g/mol. The minimum atomic E-state index is -0.590. The van der Waals surface area contributed by atoms with Crippen molar-refractivity contribution in [3.05, 3.63) is 29.8 Å². The van der Waals surface area contributed by atoms with Gasteiger partial charge in [0.1, 0.15) is 0 Å². The van der Waals surface area contributed by atoms with Gasteiger partial charge < -0.3 is 16.2 Å². The number of nitrogens with zero attached hydrogens (tertiary/aromatic N) is 1. The third kappa shape index (κ3) is 4.35. The summed E-state index contributed by atoms with van der Waals surface area (Å²) in [6.07, 6.45) is 0. The predicted octanol–water partition coefficient (Wildman–Crippen LogP) is 0.0366. The van der Waals surface area contributed by atoms with Gasteiger partial charge in [-0.25, -0.2) is 0 Å². The second-order valence-corrected chi connectivity index (χ2v) is 4.40. The Bertz CT molecular complexity index is 462. The summed E-state index contributed by atoms with van der Waals surface area (Å²) in [4.78, 5) is 24.7. The molecule has 0 fully saturated rings. The standard InChI is InChI=1S/C13H19N3O3/c1-9(8-17)16(2)7-12(18)15-11-6-4-3-5-10(11)13(14)19/h3-6,9,17H,7-8H2,1-2H3,(H2,14,19)(H,15,18). The van der Waals surface area contributed by atoms with Gasteiger partial charge in [-0.3, -0.25) is 14.5 Å². The van der Waals surface area contributed by atoms with Crippen LogP contribution in [0.5, 0.6) is 0 Å². The molecule has 1 atom stereocenters. The molecule has 0 aliphatic heterocycles. The smallest absolute Gasteiger partial charge is 0.250 e. The number of para-hydroxylation sites is 1. The van der Waals surface area contributed by atoms with Gasteiger partial charge in [-0.15, -0.1) is 0 Å². The maximum absolute atomic E-state index is 11.8. The Morgan fingerprint density at radius 3 is 2.63 bits per heavy atom. The van der Waals surface area contributed by atoms with E-state index in [1.807, 2.05) is 6.92 Å². The van der Waals surface area contributed by atoms with E-state index in [0.29, 0.717) is 5.69 Å². The van der Waals surface area contributed by atoms with E-state index in [4.69, 9.17) is 10.8 Å². The van der Waals surface area contributed by atoms with Gasteiger partial charge in [-0.05, 0) is 26.1 Å². The summed E-state index contributed by atoms with van der Waals surface area (Å²) in [6, 6.07) is 6.45. The number of benzene rings is 1. The van der Waals surface area contributed by atoms with Crippen molar-refractivity contribution in [2.75, 3.05) is 25.5 Å². The van der Waals surface area contributed by atoms with Crippen LogP contribution >= 0.6 is 0 Å². The molecule has 0 aromatic heterocycles. The van der Waals surface area contributed by atoms with E-state index in [9.17, 15) is 9.59 Å². The molecule has 1 unspecified atom stereocenters. The van der Waals surface area contributed by atoms with Crippen molar-refractivity contribution in [2.24, 2.45) is 5.73 Å². The zero-order valence-corrected chi connectivity index (χ0v) is 11.1. The van der Waals surface area contributed by atoms with Crippen LogP contribution in [0.1, 0.15) is 17.3 Å². The van der Waals surface area contributed by atoms with Crippen molar-refractivity contribution in [1.29, 1.82) is 0 Å². The number of carbonyl (C=O) groups is 2. The van der Waals surface area contributed by atoms with Crippen LogP contribution in [0.3, 0.4) is 0 Å². The van der Waals surface area contributed by atoms with Crippen LogP contribution in [0.2, 0.25) is 0 Å². The van der Waals surface area contributed by atoms with Crippen LogP contribution in [-0.2, 0) is 4.79 Å². The third-order valence-corrected chi connectivity index (χ3v) is 2.88. The maximum atomic E-state index is 11.8. The molecule has 0 spiro atoms. The molecule has 104 valence electrons. The summed E-state index contributed by atoms with van der Waals surface area (Å²) in [6.45, 7) is 1.90. The van der Waals surface area contributed by atoms with E-state index in [0.717, 1.165) is 0 Å². The fourth-order valence-corrected chi connectivity index (χ4v) is 1.52. The van der Waals surface area contributed by atoms with E-state index in [-0.39, 0.29) is 30.7 Å². The van der Waals surface area contributed by atoms with E-state index in [2.05, 4.69) is 5.32 Å². The number of anilines is 1. The van der Waals surface area contributed by atoms with Gasteiger partial charge in [0.15, 0.2) is 0 Å². The van der Waals surface area contributed by atoms with Crippen LogP contribution in [0.25, 0.3) is 0 Å². The molecule has 6 heteroatoms. The number of hydrogen-bond acceptors (Lipinski definition) is 4. The predicted molar refractivity (Wildman–Crippen MR) is 72.8 cm³/mol. The van der Waals surface area contributed by atoms with E-state index in [1.165, 1.54) is 0 Å². The maximum Gasteiger partial charge on any atom is 0.250 e. The molecule has 2 amide bonds. The molecule has 1 rings (SSSR count). The number of aliphatic hydroxyl groups excluding tert-OH is 1. The number of likely N-dealkylation sites (N-methyl/N-ethyl adjacent to an activating group) is 1. The quantitative estimate of drug-likeness (QED) is 0.676. The molecule has 0 saturated carbocycles. The number of aliphatic hydroxyl groups is 1. The summed E-state index contributed by atoms with van der Waals surface area (Å²) in [7, 11) is 1.74. The zero-order valence-electron chi connectivity index (χ0n) is 11.1. The van der Waals surface area contributed by atoms with E-state index >= 15 is 0 Å². The van der Waals surface area contributed by atoms with Crippen LogP contribution in [0.15, 0.2) is 24.3 Å².